The van der Waals surface area contributed by atoms with E-state index in [1.807, 2.05) is 56.3 Å². The molecule has 30 heavy (non-hydrogen) atoms. The van der Waals surface area contributed by atoms with Crippen LogP contribution in [0, 0.1) is 0 Å². The first kappa shape index (κ1) is 21.9. The highest BCUT2D eigenvalue weighted by atomic mass is 16.5. The maximum Gasteiger partial charge on any atom is 0.255 e. The summed E-state index contributed by atoms with van der Waals surface area (Å²) in [5, 5.41) is 3.20. The molecule has 5 nitrogen and oxygen atoms in total. The monoisotopic (exact) mass is 408 g/mol. The summed E-state index contributed by atoms with van der Waals surface area (Å²) in [6, 6.07) is 16.9. The van der Waals surface area contributed by atoms with E-state index in [1.165, 1.54) is 6.42 Å². The van der Waals surface area contributed by atoms with E-state index < -0.39 is 5.54 Å². The smallest absolute Gasteiger partial charge is 0.255 e. The summed E-state index contributed by atoms with van der Waals surface area (Å²) in [4.78, 5) is 28.4. The van der Waals surface area contributed by atoms with Crippen LogP contribution in [0.4, 0.5) is 0 Å². The van der Waals surface area contributed by atoms with Crippen molar-refractivity contribution in [2.75, 3.05) is 7.11 Å². The maximum atomic E-state index is 13.4. The molecule has 1 N–H and O–H groups in total. The van der Waals surface area contributed by atoms with E-state index in [9.17, 15) is 9.59 Å². The molecule has 2 aromatic rings. The highest BCUT2D eigenvalue weighted by Gasteiger charge is 2.39. The summed E-state index contributed by atoms with van der Waals surface area (Å²) in [6.45, 7) is 3.99. The van der Waals surface area contributed by atoms with Crippen LogP contribution >= 0.6 is 0 Å². The second-order valence-corrected chi connectivity index (χ2v) is 8.47. The van der Waals surface area contributed by atoms with Crippen molar-refractivity contribution in [1.82, 2.24) is 10.2 Å². The summed E-state index contributed by atoms with van der Waals surface area (Å²) in [7, 11) is 1.62. The molecule has 0 saturated heterocycles. The number of nitrogens with zero attached hydrogens (tertiary/aromatic N) is 1. The molecule has 0 bridgehead atoms. The Balaban J connectivity index is 1.85. The minimum absolute atomic E-state index is 0.104. The first-order valence-electron chi connectivity index (χ1n) is 10.7. The maximum absolute atomic E-state index is 13.4. The lowest BCUT2D eigenvalue weighted by atomic mass is 9.93. The number of benzene rings is 2. The molecule has 2 amide bonds. The first-order chi connectivity index (χ1) is 14.4. The Morgan fingerprint density at radius 1 is 1.00 bits per heavy atom. The van der Waals surface area contributed by atoms with Crippen molar-refractivity contribution in [3.63, 3.8) is 0 Å². The van der Waals surface area contributed by atoms with E-state index in [4.69, 9.17) is 4.74 Å². The van der Waals surface area contributed by atoms with Crippen LogP contribution in [0.15, 0.2) is 54.6 Å². The molecular formula is C25H32N2O3. The molecule has 0 heterocycles. The highest BCUT2D eigenvalue weighted by molar-refractivity contribution is 5.99. The van der Waals surface area contributed by atoms with Crippen molar-refractivity contribution >= 4 is 11.8 Å². The van der Waals surface area contributed by atoms with Crippen molar-refractivity contribution in [2.45, 2.75) is 64.1 Å². The molecule has 0 unspecified atom stereocenters. The molecule has 1 aliphatic carbocycles. The second-order valence-electron chi connectivity index (χ2n) is 8.47. The van der Waals surface area contributed by atoms with Gasteiger partial charge in [-0.25, -0.2) is 0 Å². The summed E-state index contributed by atoms with van der Waals surface area (Å²) in [5.74, 6) is 0.497. The molecule has 1 aliphatic rings. The lowest BCUT2D eigenvalue weighted by molar-refractivity contribution is -0.131. The molecular weight excluding hydrogens is 376 g/mol. The zero-order valence-electron chi connectivity index (χ0n) is 18.2. The van der Waals surface area contributed by atoms with Gasteiger partial charge in [-0.15, -0.1) is 0 Å². The molecule has 0 radical (unpaired) electrons. The Kier molecular flexibility index (Phi) is 7.14. The zero-order chi connectivity index (χ0) is 21.6. The lowest BCUT2D eigenvalue weighted by Gasteiger charge is -2.39. The fourth-order valence-corrected chi connectivity index (χ4v) is 3.90. The van der Waals surface area contributed by atoms with Gasteiger partial charge in [0.2, 0.25) is 5.91 Å². The Morgan fingerprint density at radius 3 is 2.23 bits per heavy atom. The average molecular weight is 409 g/mol. The SMILES string of the molecule is COc1ccc(CN(C(=O)c2ccccc2)C(C)(C)C(=O)NC2CCCCC2)cc1. The molecule has 0 spiro atoms. The first-order valence-corrected chi connectivity index (χ1v) is 10.7. The summed E-state index contributed by atoms with van der Waals surface area (Å²) < 4.78 is 5.24. The number of methoxy groups -OCH3 is 1. The van der Waals surface area contributed by atoms with Gasteiger partial charge in [0.25, 0.3) is 5.91 Å². The van der Waals surface area contributed by atoms with Crippen molar-refractivity contribution in [3.05, 3.63) is 65.7 Å². The van der Waals surface area contributed by atoms with E-state index in [1.54, 1.807) is 24.1 Å². The number of hydrogen-bond acceptors (Lipinski definition) is 3. The van der Waals surface area contributed by atoms with Gasteiger partial charge in [-0.05, 0) is 56.5 Å². The van der Waals surface area contributed by atoms with E-state index in [2.05, 4.69) is 5.32 Å². The normalized spacial score (nSPS) is 14.8. The minimum atomic E-state index is -0.996. The Labute approximate surface area is 179 Å². The average Bonchev–Trinajstić information content (AvgIpc) is 2.78. The van der Waals surface area contributed by atoms with Crippen LogP contribution in [0.2, 0.25) is 0 Å². The number of carbonyl (C=O) groups is 2. The Morgan fingerprint density at radius 2 is 1.63 bits per heavy atom. The number of carbonyl (C=O) groups excluding carboxylic acids is 2. The molecule has 2 aromatic carbocycles. The van der Waals surface area contributed by atoms with Gasteiger partial charge in [-0.2, -0.15) is 0 Å². The van der Waals surface area contributed by atoms with Gasteiger partial charge >= 0.3 is 0 Å². The predicted octanol–water partition coefficient (Wildman–Crippen LogP) is 4.57. The van der Waals surface area contributed by atoms with Crippen LogP contribution in [0.25, 0.3) is 0 Å². The molecule has 0 aromatic heterocycles. The van der Waals surface area contributed by atoms with Crippen molar-refractivity contribution < 1.29 is 14.3 Å². The number of rotatable bonds is 7. The molecule has 3 rings (SSSR count). The van der Waals surface area contributed by atoms with Crippen LogP contribution in [-0.2, 0) is 11.3 Å². The zero-order valence-corrected chi connectivity index (χ0v) is 18.2. The second kappa shape index (κ2) is 9.79. The third-order valence-corrected chi connectivity index (χ3v) is 5.94. The van der Waals surface area contributed by atoms with Crippen molar-refractivity contribution in [3.8, 4) is 5.75 Å². The lowest BCUT2D eigenvalue weighted by Crippen LogP contribution is -2.58. The van der Waals surface area contributed by atoms with E-state index in [0.29, 0.717) is 12.1 Å². The van der Waals surface area contributed by atoms with Crippen molar-refractivity contribution in [2.24, 2.45) is 0 Å². The molecule has 160 valence electrons. The number of nitrogens with one attached hydrogen (secondary N) is 1. The standard InChI is InChI=1S/C25H32N2O3/c1-25(2,24(29)26-21-12-8-5-9-13-21)27(23(28)20-10-6-4-7-11-20)18-19-14-16-22(30-3)17-15-19/h4,6-7,10-11,14-17,21H,5,8-9,12-13,18H2,1-3H3,(H,26,29). The molecule has 0 atom stereocenters. The fraction of sp³-hybridized carbons (Fsp3) is 0.440. The predicted molar refractivity (Wildman–Crippen MR) is 118 cm³/mol. The topological polar surface area (TPSA) is 58.6 Å². The molecule has 1 fully saturated rings. The molecule has 1 saturated carbocycles. The van der Waals surface area contributed by atoms with Gasteiger partial charge in [0.15, 0.2) is 0 Å². The van der Waals surface area contributed by atoms with E-state index in [-0.39, 0.29) is 17.9 Å². The molecule has 0 aliphatic heterocycles. The van der Waals surface area contributed by atoms with Crippen LogP contribution in [-0.4, -0.2) is 35.4 Å². The fourth-order valence-electron chi connectivity index (χ4n) is 3.90. The van der Waals surface area contributed by atoms with Crippen LogP contribution in [0.1, 0.15) is 61.9 Å². The summed E-state index contributed by atoms with van der Waals surface area (Å²) in [6.07, 6.45) is 5.53. The van der Waals surface area contributed by atoms with Crippen LogP contribution in [0.5, 0.6) is 5.75 Å². The van der Waals surface area contributed by atoms with Gasteiger partial charge in [0, 0.05) is 18.2 Å². The Hall–Kier alpha value is -2.82. The van der Waals surface area contributed by atoms with Gasteiger partial charge < -0.3 is 15.0 Å². The third-order valence-electron chi connectivity index (χ3n) is 5.94. The van der Waals surface area contributed by atoms with Gasteiger partial charge in [-0.1, -0.05) is 49.6 Å². The summed E-state index contributed by atoms with van der Waals surface area (Å²) in [5.41, 5.74) is 0.521. The quantitative estimate of drug-likeness (QED) is 0.730. The molecule has 5 heteroatoms. The number of ether oxygens (including phenoxy) is 1. The van der Waals surface area contributed by atoms with Gasteiger partial charge in [0.1, 0.15) is 11.3 Å². The van der Waals surface area contributed by atoms with Crippen LogP contribution in [0.3, 0.4) is 0 Å². The highest BCUT2D eigenvalue weighted by Crippen LogP contribution is 2.25. The van der Waals surface area contributed by atoms with Gasteiger partial charge in [-0.3, -0.25) is 9.59 Å². The minimum Gasteiger partial charge on any atom is -0.497 e. The van der Waals surface area contributed by atoms with E-state index >= 15 is 0 Å². The number of hydrogen-bond donors (Lipinski definition) is 1. The Bertz CT molecular complexity index is 840. The van der Waals surface area contributed by atoms with E-state index in [0.717, 1.165) is 37.0 Å². The third kappa shape index (κ3) is 5.21. The number of amides is 2. The van der Waals surface area contributed by atoms with Crippen LogP contribution < -0.4 is 10.1 Å². The largest absolute Gasteiger partial charge is 0.497 e. The van der Waals surface area contributed by atoms with Crippen molar-refractivity contribution in [1.29, 1.82) is 0 Å². The summed E-state index contributed by atoms with van der Waals surface area (Å²) >= 11 is 0. The van der Waals surface area contributed by atoms with Gasteiger partial charge in [0.05, 0.1) is 7.11 Å².